The number of hydrogen-bond donors (Lipinski definition) is 1. The van der Waals surface area contributed by atoms with Crippen molar-refractivity contribution in [3.8, 4) is 6.07 Å². The zero-order chi connectivity index (χ0) is 17.4. The van der Waals surface area contributed by atoms with Gasteiger partial charge in [0.15, 0.2) is 5.78 Å². The molecule has 0 saturated heterocycles. The van der Waals surface area contributed by atoms with Crippen LogP contribution in [0.1, 0.15) is 30.7 Å². The van der Waals surface area contributed by atoms with Crippen molar-refractivity contribution in [1.82, 2.24) is 10.0 Å². The highest BCUT2D eigenvalue weighted by Crippen LogP contribution is 2.44. The standard InChI is InChI=1S/C18H19FN4O/c1-22(2)23-14-7-4-8-15(24)17(14)16(13(10-20)18(23)21)11-5-3-6-12(19)9-11/h3,5-6,9,16H,4,7-8,21H2,1-2H3. The molecule has 1 heterocycles. The number of carbonyl (C=O) groups excluding carboxylic acids is 1. The molecule has 1 aliphatic heterocycles. The molecule has 1 aromatic rings. The molecular formula is C18H19FN4O. The molecule has 0 spiro atoms. The summed E-state index contributed by atoms with van der Waals surface area (Å²) in [5.74, 6) is -0.712. The minimum absolute atomic E-state index is 0.00221. The van der Waals surface area contributed by atoms with Crippen LogP contribution >= 0.6 is 0 Å². The van der Waals surface area contributed by atoms with E-state index < -0.39 is 11.7 Å². The predicted octanol–water partition coefficient (Wildman–Crippen LogP) is 2.40. The minimum atomic E-state index is -0.607. The summed E-state index contributed by atoms with van der Waals surface area (Å²) in [6, 6.07) is 8.17. The fraction of sp³-hybridized carbons (Fsp3) is 0.333. The Labute approximate surface area is 140 Å². The molecule has 0 saturated carbocycles. The summed E-state index contributed by atoms with van der Waals surface area (Å²) in [6.45, 7) is 0. The van der Waals surface area contributed by atoms with Crippen LogP contribution in [0.3, 0.4) is 0 Å². The first-order chi connectivity index (χ1) is 11.5. The number of nitrogens with zero attached hydrogens (tertiary/aromatic N) is 3. The van der Waals surface area contributed by atoms with Gasteiger partial charge in [0.05, 0.1) is 17.6 Å². The molecule has 2 N–H and O–H groups in total. The van der Waals surface area contributed by atoms with Gasteiger partial charge in [-0.25, -0.2) is 9.40 Å². The lowest BCUT2D eigenvalue weighted by molar-refractivity contribution is -0.116. The zero-order valence-corrected chi connectivity index (χ0v) is 13.7. The topological polar surface area (TPSA) is 73.4 Å². The van der Waals surface area contributed by atoms with Gasteiger partial charge in [0.2, 0.25) is 0 Å². The molecule has 1 aromatic carbocycles. The third kappa shape index (κ3) is 2.47. The number of carbonyl (C=O) groups is 1. The Balaban J connectivity index is 2.27. The van der Waals surface area contributed by atoms with E-state index in [1.165, 1.54) is 12.1 Å². The molecular weight excluding hydrogens is 307 g/mol. The lowest BCUT2D eigenvalue weighted by Crippen LogP contribution is -2.45. The van der Waals surface area contributed by atoms with Gasteiger partial charge in [0.1, 0.15) is 11.6 Å². The smallest absolute Gasteiger partial charge is 0.161 e. The first-order valence-electron chi connectivity index (χ1n) is 7.84. The Morgan fingerprint density at radius 3 is 2.75 bits per heavy atom. The number of hydrogen-bond acceptors (Lipinski definition) is 5. The Morgan fingerprint density at radius 2 is 2.12 bits per heavy atom. The van der Waals surface area contributed by atoms with Crippen molar-refractivity contribution in [2.24, 2.45) is 5.73 Å². The summed E-state index contributed by atoms with van der Waals surface area (Å²) in [5, 5.41) is 13.2. The summed E-state index contributed by atoms with van der Waals surface area (Å²) in [4.78, 5) is 12.7. The number of nitrogens with two attached hydrogens (primary N) is 1. The number of hydrazine groups is 1. The third-order valence-electron chi connectivity index (χ3n) is 4.47. The fourth-order valence-corrected chi connectivity index (χ4v) is 3.54. The molecule has 124 valence electrons. The highest BCUT2D eigenvalue weighted by Gasteiger charge is 2.40. The SMILES string of the molecule is CN(C)N1C(N)=C(C#N)C(c2cccc(F)c2)C2=C1CCCC2=O. The first-order valence-corrected chi connectivity index (χ1v) is 7.84. The van der Waals surface area contributed by atoms with Crippen LogP contribution in [0.4, 0.5) is 4.39 Å². The molecule has 0 amide bonds. The van der Waals surface area contributed by atoms with Gasteiger partial charge in [0.25, 0.3) is 0 Å². The number of nitriles is 1. The average molecular weight is 326 g/mol. The predicted molar refractivity (Wildman–Crippen MR) is 87.4 cm³/mol. The molecule has 0 bridgehead atoms. The zero-order valence-electron chi connectivity index (χ0n) is 13.7. The van der Waals surface area contributed by atoms with Crippen molar-refractivity contribution in [3.05, 3.63) is 58.3 Å². The maximum atomic E-state index is 13.7. The van der Waals surface area contributed by atoms with E-state index in [-0.39, 0.29) is 11.4 Å². The molecule has 1 unspecified atom stereocenters. The second-order valence-corrected chi connectivity index (χ2v) is 6.19. The monoisotopic (exact) mass is 326 g/mol. The van der Waals surface area contributed by atoms with Crippen LogP contribution in [0.25, 0.3) is 0 Å². The van der Waals surface area contributed by atoms with Crippen molar-refractivity contribution < 1.29 is 9.18 Å². The molecule has 0 fully saturated rings. The normalized spacial score (nSPS) is 21.2. The van der Waals surface area contributed by atoms with Gasteiger partial charge in [-0.15, -0.1) is 0 Å². The average Bonchev–Trinajstić information content (AvgIpc) is 2.53. The number of benzene rings is 1. The number of Topliss-reactive ketones (excluding diaryl/α,β-unsaturated/α-hetero) is 1. The van der Waals surface area contributed by atoms with E-state index in [1.807, 2.05) is 14.1 Å². The summed E-state index contributed by atoms with van der Waals surface area (Å²) in [7, 11) is 3.63. The molecule has 24 heavy (non-hydrogen) atoms. The summed E-state index contributed by atoms with van der Waals surface area (Å²) >= 11 is 0. The highest BCUT2D eigenvalue weighted by molar-refractivity contribution is 5.99. The Hall–Kier alpha value is -2.65. The van der Waals surface area contributed by atoms with Crippen molar-refractivity contribution in [1.29, 1.82) is 5.26 Å². The van der Waals surface area contributed by atoms with Crippen LogP contribution in [0, 0.1) is 17.1 Å². The van der Waals surface area contributed by atoms with Crippen molar-refractivity contribution >= 4 is 5.78 Å². The lowest BCUT2D eigenvalue weighted by Gasteiger charge is -2.42. The summed E-state index contributed by atoms with van der Waals surface area (Å²) < 4.78 is 13.7. The summed E-state index contributed by atoms with van der Waals surface area (Å²) in [6.07, 6.45) is 1.88. The molecule has 1 atom stereocenters. The van der Waals surface area contributed by atoms with Gasteiger partial charge in [-0.2, -0.15) is 5.26 Å². The van der Waals surface area contributed by atoms with Gasteiger partial charge < -0.3 is 5.73 Å². The fourth-order valence-electron chi connectivity index (χ4n) is 3.54. The Bertz CT molecular complexity index is 803. The number of halogens is 1. The molecule has 0 radical (unpaired) electrons. The molecule has 2 aliphatic rings. The van der Waals surface area contributed by atoms with E-state index in [4.69, 9.17) is 5.73 Å². The van der Waals surface area contributed by atoms with E-state index in [2.05, 4.69) is 6.07 Å². The Morgan fingerprint density at radius 1 is 1.38 bits per heavy atom. The highest BCUT2D eigenvalue weighted by atomic mass is 19.1. The van der Waals surface area contributed by atoms with Gasteiger partial charge in [0, 0.05) is 31.8 Å². The van der Waals surface area contributed by atoms with Gasteiger partial charge in [-0.1, -0.05) is 12.1 Å². The van der Waals surface area contributed by atoms with Crippen LogP contribution < -0.4 is 5.73 Å². The van der Waals surface area contributed by atoms with E-state index in [9.17, 15) is 14.4 Å². The van der Waals surface area contributed by atoms with Crippen molar-refractivity contribution in [2.75, 3.05) is 14.1 Å². The van der Waals surface area contributed by atoms with E-state index in [1.54, 1.807) is 22.2 Å². The van der Waals surface area contributed by atoms with Crippen LogP contribution in [0.5, 0.6) is 0 Å². The van der Waals surface area contributed by atoms with E-state index in [0.29, 0.717) is 29.8 Å². The number of allylic oxidation sites excluding steroid dienone is 3. The summed E-state index contributed by atoms with van der Waals surface area (Å²) in [5.41, 5.74) is 8.48. The second kappa shape index (κ2) is 6.10. The van der Waals surface area contributed by atoms with Gasteiger partial charge in [-0.05, 0) is 30.5 Å². The van der Waals surface area contributed by atoms with E-state index in [0.717, 1.165) is 12.1 Å². The number of ketones is 1. The quantitative estimate of drug-likeness (QED) is 0.903. The maximum Gasteiger partial charge on any atom is 0.161 e. The second-order valence-electron chi connectivity index (χ2n) is 6.19. The van der Waals surface area contributed by atoms with Crippen LogP contribution in [0.15, 0.2) is 46.9 Å². The van der Waals surface area contributed by atoms with Gasteiger partial charge >= 0.3 is 0 Å². The number of rotatable bonds is 2. The van der Waals surface area contributed by atoms with E-state index >= 15 is 0 Å². The minimum Gasteiger partial charge on any atom is -0.383 e. The maximum absolute atomic E-state index is 13.7. The third-order valence-corrected chi connectivity index (χ3v) is 4.47. The van der Waals surface area contributed by atoms with Crippen LogP contribution in [0.2, 0.25) is 0 Å². The molecule has 1 aliphatic carbocycles. The van der Waals surface area contributed by atoms with Crippen LogP contribution in [-0.2, 0) is 4.79 Å². The van der Waals surface area contributed by atoms with Crippen LogP contribution in [-0.4, -0.2) is 29.9 Å². The van der Waals surface area contributed by atoms with Gasteiger partial charge in [-0.3, -0.25) is 9.80 Å². The molecule has 5 nitrogen and oxygen atoms in total. The Kier molecular flexibility index (Phi) is 4.12. The molecule has 6 heteroatoms. The lowest BCUT2D eigenvalue weighted by atomic mass is 9.76. The van der Waals surface area contributed by atoms with Crippen molar-refractivity contribution in [3.63, 3.8) is 0 Å². The van der Waals surface area contributed by atoms with Crippen molar-refractivity contribution in [2.45, 2.75) is 25.2 Å². The first kappa shape index (κ1) is 16.2. The largest absolute Gasteiger partial charge is 0.383 e. The molecule has 0 aromatic heterocycles. The molecule has 3 rings (SSSR count).